The van der Waals surface area contributed by atoms with Gasteiger partial charge in [0.15, 0.2) is 0 Å². The molecule has 0 N–H and O–H groups in total. The molecule has 0 aliphatic heterocycles. The maximum atomic E-state index is 11.8. The Morgan fingerprint density at radius 2 is 1.70 bits per heavy atom. The zero-order valence-electron chi connectivity index (χ0n) is 12.7. The molecule has 1 rings (SSSR count). The number of ether oxygens (including phenoxy) is 1. The lowest BCUT2D eigenvalue weighted by Crippen LogP contribution is -2.04. The molecule has 2 nitrogen and oxygen atoms in total. The van der Waals surface area contributed by atoms with Gasteiger partial charge in [0.1, 0.15) is 0 Å². The third-order valence-corrected chi connectivity index (χ3v) is 3.39. The minimum Gasteiger partial charge on any atom is -0.466 e. The quantitative estimate of drug-likeness (QED) is 0.360. The summed E-state index contributed by atoms with van der Waals surface area (Å²) in [6.45, 7) is 2.22. The van der Waals surface area contributed by atoms with Crippen LogP contribution in [0.4, 0.5) is 0 Å². The van der Waals surface area contributed by atoms with E-state index in [4.69, 9.17) is 4.74 Å². The van der Waals surface area contributed by atoms with E-state index in [0.29, 0.717) is 0 Å². The highest BCUT2D eigenvalue weighted by Crippen LogP contribution is 2.16. The molecule has 1 aromatic rings. The maximum absolute atomic E-state index is 11.8. The Bertz CT molecular complexity index is 407. The highest BCUT2D eigenvalue weighted by molar-refractivity contribution is 5.93. The largest absolute Gasteiger partial charge is 0.466 e. The number of benzene rings is 1. The van der Waals surface area contributed by atoms with Gasteiger partial charge in [0.2, 0.25) is 0 Å². The zero-order valence-corrected chi connectivity index (χ0v) is 12.7. The topological polar surface area (TPSA) is 26.3 Å². The Hall–Kier alpha value is -1.57. The minimum atomic E-state index is -0.206. The molecule has 0 aromatic heterocycles. The van der Waals surface area contributed by atoms with Gasteiger partial charge in [-0.15, -0.1) is 0 Å². The van der Waals surface area contributed by atoms with Gasteiger partial charge in [0.25, 0.3) is 0 Å². The van der Waals surface area contributed by atoms with E-state index in [0.717, 1.165) is 24.0 Å². The molecule has 0 bridgehead atoms. The number of unbranched alkanes of at least 4 members (excludes halogenated alkanes) is 5. The molecule has 0 unspecified atom stereocenters. The van der Waals surface area contributed by atoms with Gasteiger partial charge in [-0.05, 0) is 24.5 Å². The monoisotopic (exact) mass is 274 g/mol. The third-order valence-electron chi connectivity index (χ3n) is 3.39. The number of hydrogen-bond acceptors (Lipinski definition) is 2. The van der Waals surface area contributed by atoms with Crippen LogP contribution < -0.4 is 0 Å². The van der Waals surface area contributed by atoms with E-state index >= 15 is 0 Å². The van der Waals surface area contributed by atoms with Gasteiger partial charge in [-0.2, -0.15) is 0 Å². The van der Waals surface area contributed by atoms with Crippen LogP contribution >= 0.6 is 0 Å². The van der Waals surface area contributed by atoms with Crippen molar-refractivity contribution in [3.8, 4) is 0 Å². The number of carbonyl (C=O) groups excluding carboxylic acids is 1. The summed E-state index contributed by atoms with van der Waals surface area (Å²) in [5.41, 5.74) is 1.83. The fourth-order valence-corrected chi connectivity index (χ4v) is 2.21. The molecule has 0 saturated heterocycles. The van der Waals surface area contributed by atoms with Crippen molar-refractivity contribution in [3.63, 3.8) is 0 Å². The highest BCUT2D eigenvalue weighted by Gasteiger charge is 2.09. The number of esters is 1. The molecule has 0 saturated carbocycles. The standard InChI is InChI=1S/C18H26O2/c1-3-4-5-6-7-11-14-17(18(19)20-2)15-16-12-9-8-10-13-16/h8-10,12-13,15H,3-7,11,14H2,1-2H3. The summed E-state index contributed by atoms with van der Waals surface area (Å²) in [7, 11) is 1.45. The summed E-state index contributed by atoms with van der Waals surface area (Å²) in [6, 6.07) is 9.94. The van der Waals surface area contributed by atoms with Gasteiger partial charge >= 0.3 is 5.97 Å². The summed E-state index contributed by atoms with van der Waals surface area (Å²) in [4.78, 5) is 11.8. The SMILES string of the molecule is CCCCCCCCC(=Cc1ccccc1)C(=O)OC. The lowest BCUT2D eigenvalue weighted by molar-refractivity contribution is -0.136. The summed E-state index contributed by atoms with van der Waals surface area (Å²) in [5, 5.41) is 0. The molecule has 2 heteroatoms. The molecule has 0 atom stereocenters. The average Bonchev–Trinajstić information content (AvgIpc) is 2.49. The van der Waals surface area contributed by atoms with E-state index in [-0.39, 0.29) is 5.97 Å². The van der Waals surface area contributed by atoms with Crippen molar-refractivity contribution in [2.24, 2.45) is 0 Å². The molecule has 0 heterocycles. The van der Waals surface area contributed by atoms with E-state index < -0.39 is 0 Å². The Morgan fingerprint density at radius 1 is 1.05 bits per heavy atom. The summed E-state index contributed by atoms with van der Waals surface area (Å²) < 4.78 is 4.87. The predicted molar refractivity (Wildman–Crippen MR) is 84.4 cm³/mol. The van der Waals surface area contributed by atoms with Crippen molar-refractivity contribution in [1.82, 2.24) is 0 Å². The van der Waals surface area contributed by atoms with Crippen LogP contribution in [0.5, 0.6) is 0 Å². The molecule has 110 valence electrons. The summed E-state index contributed by atoms with van der Waals surface area (Å²) in [6.07, 6.45) is 10.1. The first-order valence-electron chi connectivity index (χ1n) is 7.62. The van der Waals surface area contributed by atoms with Crippen molar-refractivity contribution < 1.29 is 9.53 Å². The molecule has 0 fully saturated rings. The summed E-state index contributed by atoms with van der Waals surface area (Å²) in [5.74, 6) is -0.206. The zero-order chi connectivity index (χ0) is 14.6. The average molecular weight is 274 g/mol. The van der Waals surface area contributed by atoms with Gasteiger partial charge < -0.3 is 4.74 Å². The third kappa shape index (κ3) is 6.55. The number of rotatable bonds is 9. The van der Waals surface area contributed by atoms with Crippen molar-refractivity contribution in [3.05, 3.63) is 41.5 Å². The first-order valence-corrected chi connectivity index (χ1v) is 7.62. The molecule has 20 heavy (non-hydrogen) atoms. The van der Waals surface area contributed by atoms with Crippen LogP contribution in [0.25, 0.3) is 6.08 Å². The van der Waals surface area contributed by atoms with E-state index in [9.17, 15) is 4.79 Å². The van der Waals surface area contributed by atoms with Gasteiger partial charge in [-0.25, -0.2) is 4.79 Å². The van der Waals surface area contributed by atoms with Crippen molar-refractivity contribution in [2.45, 2.75) is 51.9 Å². The minimum absolute atomic E-state index is 0.206. The molecule has 0 aliphatic rings. The van der Waals surface area contributed by atoms with Gasteiger partial charge in [0, 0.05) is 5.57 Å². The van der Waals surface area contributed by atoms with Crippen LogP contribution in [0.15, 0.2) is 35.9 Å². The fraction of sp³-hybridized carbons (Fsp3) is 0.500. The molecule has 0 radical (unpaired) electrons. The van der Waals surface area contributed by atoms with Crippen molar-refractivity contribution in [2.75, 3.05) is 7.11 Å². The Kier molecular flexibility index (Phi) is 8.44. The maximum Gasteiger partial charge on any atom is 0.333 e. The molecular formula is C18H26O2. The van der Waals surface area contributed by atoms with Crippen LogP contribution in [-0.2, 0) is 9.53 Å². The van der Waals surface area contributed by atoms with Crippen LogP contribution in [0.3, 0.4) is 0 Å². The van der Waals surface area contributed by atoms with Gasteiger partial charge in [-0.1, -0.05) is 69.4 Å². The van der Waals surface area contributed by atoms with E-state index in [1.54, 1.807) is 0 Å². The number of carbonyl (C=O) groups is 1. The first kappa shape index (κ1) is 16.5. The fourth-order valence-electron chi connectivity index (χ4n) is 2.21. The van der Waals surface area contributed by atoms with E-state index in [1.165, 1.54) is 39.2 Å². The normalized spacial score (nSPS) is 11.4. The Labute approximate surface area is 122 Å². The second kappa shape index (κ2) is 10.2. The lowest BCUT2D eigenvalue weighted by Gasteiger charge is -2.06. The number of methoxy groups -OCH3 is 1. The van der Waals surface area contributed by atoms with E-state index in [1.807, 2.05) is 36.4 Å². The van der Waals surface area contributed by atoms with E-state index in [2.05, 4.69) is 6.92 Å². The van der Waals surface area contributed by atoms with Crippen LogP contribution in [-0.4, -0.2) is 13.1 Å². The second-order valence-electron chi connectivity index (χ2n) is 5.09. The molecule has 0 aliphatic carbocycles. The lowest BCUT2D eigenvalue weighted by atomic mass is 10.0. The smallest absolute Gasteiger partial charge is 0.333 e. The number of hydrogen-bond donors (Lipinski definition) is 0. The first-order chi connectivity index (χ1) is 9.77. The molecule has 1 aromatic carbocycles. The predicted octanol–water partition coefficient (Wildman–Crippen LogP) is 4.99. The molecule has 0 spiro atoms. The van der Waals surface area contributed by atoms with Crippen molar-refractivity contribution >= 4 is 12.0 Å². The van der Waals surface area contributed by atoms with Crippen LogP contribution in [0.2, 0.25) is 0 Å². The van der Waals surface area contributed by atoms with Crippen molar-refractivity contribution in [1.29, 1.82) is 0 Å². The Balaban J connectivity index is 2.49. The molecule has 0 amide bonds. The highest BCUT2D eigenvalue weighted by atomic mass is 16.5. The Morgan fingerprint density at radius 3 is 2.35 bits per heavy atom. The molecular weight excluding hydrogens is 248 g/mol. The van der Waals surface area contributed by atoms with Crippen LogP contribution in [0.1, 0.15) is 57.4 Å². The van der Waals surface area contributed by atoms with Gasteiger partial charge in [0.05, 0.1) is 7.11 Å². The van der Waals surface area contributed by atoms with Gasteiger partial charge in [-0.3, -0.25) is 0 Å². The van der Waals surface area contributed by atoms with Crippen LogP contribution in [0, 0.1) is 0 Å². The second-order valence-corrected chi connectivity index (χ2v) is 5.09. The summed E-state index contributed by atoms with van der Waals surface area (Å²) >= 11 is 0.